The quantitative estimate of drug-likeness (QED) is 0.841. The number of rotatable bonds is 3. The molecule has 14 heavy (non-hydrogen) atoms. The molecule has 0 bridgehead atoms. The van der Waals surface area contributed by atoms with Gasteiger partial charge in [-0.05, 0) is 36.7 Å². The number of hydrogen-bond acceptors (Lipinski definition) is 4. The van der Waals surface area contributed by atoms with Gasteiger partial charge in [-0.15, -0.1) is 5.10 Å². The molecule has 80 valence electrons. The van der Waals surface area contributed by atoms with E-state index in [2.05, 4.69) is 30.4 Å². The molecule has 0 amide bonds. The van der Waals surface area contributed by atoms with E-state index in [9.17, 15) is 5.11 Å². The fraction of sp³-hybridized carbons (Fsp3) is 0.800. The van der Waals surface area contributed by atoms with E-state index in [1.165, 1.54) is 11.5 Å². The summed E-state index contributed by atoms with van der Waals surface area (Å²) in [5, 5.41) is 13.8. The molecular weight excluding hydrogens is 196 g/mol. The zero-order chi connectivity index (χ0) is 10.8. The molecule has 1 aromatic heterocycles. The monoisotopic (exact) mass is 214 g/mol. The maximum absolute atomic E-state index is 9.88. The third kappa shape index (κ3) is 3.35. The second-order valence-electron chi connectivity index (χ2n) is 4.84. The largest absolute Gasteiger partial charge is 0.387 e. The predicted molar refractivity (Wildman–Crippen MR) is 58.3 cm³/mol. The molecule has 0 saturated carbocycles. The molecule has 0 aliphatic heterocycles. The molecule has 1 unspecified atom stereocenters. The van der Waals surface area contributed by atoms with E-state index in [4.69, 9.17) is 0 Å². The molecule has 0 aliphatic rings. The highest BCUT2D eigenvalue weighted by Gasteiger charge is 2.18. The minimum absolute atomic E-state index is 0.271. The Morgan fingerprint density at radius 1 is 1.43 bits per heavy atom. The average Bonchev–Trinajstić information content (AvgIpc) is 2.46. The Morgan fingerprint density at radius 3 is 2.50 bits per heavy atom. The lowest BCUT2D eigenvalue weighted by molar-refractivity contribution is 0.150. The molecule has 0 radical (unpaired) electrons. The minimum atomic E-state index is -0.394. The number of nitrogens with zero attached hydrogens (tertiary/aromatic N) is 2. The second-order valence-corrected chi connectivity index (χ2v) is 5.62. The predicted octanol–water partition coefficient (Wildman–Crippen LogP) is 2.71. The van der Waals surface area contributed by atoms with Crippen molar-refractivity contribution in [3.05, 3.63) is 10.6 Å². The summed E-state index contributed by atoms with van der Waals surface area (Å²) >= 11 is 1.30. The van der Waals surface area contributed by atoms with Gasteiger partial charge in [0.1, 0.15) is 0 Å². The molecule has 4 heteroatoms. The lowest BCUT2D eigenvalue weighted by Crippen LogP contribution is -2.08. The van der Waals surface area contributed by atoms with Gasteiger partial charge >= 0.3 is 0 Å². The van der Waals surface area contributed by atoms with Crippen molar-refractivity contribution >= 4 is 11.5 Å². The van der Waals surface area contributed by atoms with Crippen LogP contribution >= 0.6 is 11.5 Å². The van der Waals surface area contributed by atoms with Gasteiger partial charge in [0.2, 0.25) is 0 Å². The summed E-state index contributed by atoms with van der Waals surface area (Å²) in [6, 6.07) is 0. The van der Waals surface area contributed by atoms with Crippen molar-refractivity contribution in [3.63, 3.8) is 0 Å². The van der Waals surface area contributed by atoms with Gasteiger partial charge in [0.15, 0.2) is 0 Å². The first-order chi connectivity index (χ1) is 6.40. The molecular formula is C10H18N2OS. The van der Waals surface area contributed by atoms with Gasteiger partial charge in [-0.3, -0.25) is 0 Å². The Hall–Kier alpha value is -0.480. The molecule has 1 N–H and O–H groups in total. The Morgan fingerprint density at radius 2 is 2.07 bits per heavy atom. The summed E-state index contributed by atoms with van der Waals surface area (Å²) in [5.74, 6) is 0. The van der Waals surface area contributed by atoms with Gasteiger partial charge in [0.05, 0.1) is 16.7 Å². The Kier molecular flexibility index (Phi) is 3.61. The lowest BCUT2D eigenvalue weighted by Gasteiger charge is -2.19. The maximum Gasteiger partial charge on any atom is 0.0917 e. The third-order valence-corrected chi connectivity index (χ3v) is 3.08. The van der Waals surface area contributed by atoms with Gasteiger partial charge in [-0.25, -0.2) is 0 Å². The summed E-state index contributed by atoms with van der Waals surface area (Å²) in [4.78, 5) is 0.911. The standard InChI is InChI=1S/C10H18N2OS/c1-7-9(14-12-11-7)8(13)5-6-10(2,3)4/h8,13H,5-6H2,1-4H3. The van der Waals surface area contributed by atoms with Crippen molar-refractivity contribution in [3.8, 4) is 0 Å². The molecule has 0 aromatic carbocycles. The number of aliphatic hydroxyl groups excluding tert-OH is 1. The summed E-state index contributed by atoms with van der Waals surface area (Å²) in [6.07, 6.45) is 1.40. The van der Waals surface area contributed by atoms with E-state index in [0.717, 1.165) is 23.4 Å². The summed E-state index contributed by atoms with van der Waals surface area (Å²) in [7, 11) is 0. The van der Waals surface area contributed by atoms with Crippen molar-refractivity contribution in [1.82, 2.24) is 9.59 Å². The van der Waals surface area contributed by atoms with Crippen LogP contribution in [0.1, 0.15) is 50.3 Å². The smallest absolute Gasteiger partial charge is 0.0917 e. The lowest BCUT2D eigenvalue weighted by atomic mass is 9.89. The summed E-state index contributed by atoms with van der Waals surface area (Å²) in [6.45, 7) is 8.42. The van der Waals surface area contributed by atoms with Crippen molar-refractivity contribution in [2.75, 3.05) is 0 Å². The van der Waals surface area contributed by atoms with Gasteiger partial charge in [-0.2, -0.15) is 0 Å². The molecule has 3 nitrogen and oxygen atoms in total. The highest BCUT2D eigenvalue weighted by molar-refractivity contribution is 7.05. The SMILES string of the molecule is Cc1nnsc1C(O)CCC(C)(C)C. The van der Waals surface area contributed by atoms with Gasteiger partial charge in [0.25, 0.3) is 0 Å². The van der Waals surface area contributed by atoms with E-state index in [0.29, 0.717) is 0 Å². The molecule has 0 aliphatic carbocycles. The van der Waals surface area contributed by atoms with Crippen molar-refractivity contribution in [1.29, 1.82) is 0 Å². The third-order valence-electron chi connectivity index (χ3n) is 2.16. The molecule has 0 fully saturated rings. The van der Waals surface area contributed by atoms with Crippen LogP contribution in [0.4, 0.5) is 0 Å². The van der Waals surface area contributed by atoms with Crippen LogP contribution in [0.3, 0.4) is 0 Å². The van der Waals surface area contributed by atoms with Crippen LogP contribution in [0, 0.1) is 12.3 Å². The van der Waals surface area contributed by atoms with E-state index >= 15 is 0 Å². The first kappa shape index (κ1) is 11.6. The van der Waals surface area contributed by atoms with E-state index in [1.807, 2.05) is 6.92 Å². The fourth-order valence-electron chi connectivity index (χ4n) is 1.24. The zero-order valence-electron chi connectivity index (χ0n) is 9.24. The molecule has 0 spiro atoms. The van der Waals surface area contributed by atoms with Crippen LogP contribution in [0.2, 0.25) is 0 Å². The number of aryl methyl sites for hydroxylation is 1. The van der Waals surface area contributed by atoms with Gasteiger partial charge in [0, 0.05) is 0 Å². The highest BCUT2D eigenvalue weighted by atomic mass is 32.1. The highest BCUT2D eigenvalue weighted by Crippen LogP contribution is 2.29. The number of aromatic nitrogens is 2. The van der Waals surface area contributed by atoms with Crippen molar-refractivity contribution in [2.45, 2.75) is 46.6 Å². The molecule has 1 rings (SSSR count). The maximum atomic E-state index is 9.88. The zero-order valence-corrected chi connectivity index (χ0v) is 10.1. The van der Waals surface area contributed by atoms with Gasteiger partial charge < -0.3 is 5.11 Å². The molecule has 1 aromatic rings. The van der Waals surface area contributed by atoms with Gasteiger partial charge in [-0.1, -0.05) is 25.3 Å². The van der Waals surface area contributed by atoms with Crippen LogP contribution in [0.15, 0.2) is 0 Å². The molecule has 0 saturated heterocycles. The minimum Gasteiger partial charge on any atom is -0.387 e. The fourth-order valence-corrected chi connectivity index (χ4v) is 1.91. The molecule has 1 heterocycles. The van der Waals surface area contributed by atoms with Crippen LogP contribution in [-0.2, 0) is 0 Å². The van der Waals surface area contributed by atoms with Crippen LogP contribution < -0.4 is 0 Å². The van der Waals surface area contributed by atoms with E-state index in [1.54, 1.807) is 0 Å². The van der Waals surface area contributed by atoms with Crippen molar-refractivity contribution < 1.29 is 5.11 Å². The summed E-state index contributed by atoms with van der Waals surface area (Å²) < 4.78 is 3.82. The number of hydrogen-bond donors (Lipinski definition) is 1. The summed E-state index contributed by atoms with van der Waals surface area (Å²) in [5.41, 5.74) is 1.13. The van der Waals surface area contributed by atoms with Crippen LogP contribution in [-0.4, -0.2) is 14.7 Å². The Balaban J connectivity index is 2.51. The normalized spacial score (nSPS) is 14.4. The van der Waals surface area contributed by atoms with E-state index in [-0.39, 0.29) is 5.41 Å². The first-order valence-corrected chi connectivity index (χ1v) is 5.64. The first-order valence-electron chi connectivity index (χ1n) is 4.87. The number of aliphatic hydroxyl groups is 1. The van der Waals surface area contributed by atoms with Crippen LogP contribution in [0.5, 0.6) is 0 Å². The molecule has 1 atom stereocenters. The Labute approximate surface area is 89.3 Å². The Bertz CT molecular complexity index is 291. The average molecular weight is 214 g/mol. The van der Waals surface area contributed by atoms with Crippen molar-refractivity contribution in [2.24, 2.45) is 5.41 Å². The second kappa shape index (κ2) is 4.36. The topological polar surface area (TPSA) is 46.0 Å². The van der Waals surface area contributed by atoms with E-state index < -0.39 is 6.10 Å². The van der Waals surface area contributed by atoms with Crippen LogP contribution in [0.25, 0.3) is 0 Å².